The second kappa shape index (κ2) is 5.80. The molecule has 1 aromatic carbocycles. The number of aliphatic hydroxyl groups excluding tert-OH is 1. The molecule has 100 valence electrons. The average Bonchev–Trinajstić information content (AvgIpc) is 3.06. The lowest BCUT2D eigenvalue weighted by atomic mass is 9.95. The summed E-state index contributed by atoms with van der Waals surface area (Å²) in [5, 5.41) is 9.11. The van der Waals surface area contributed by atoms with Gasteiger partial charge in [-0.05, 0) is 12.5 Å². The van der Waals surface area contributed by atoms with Gasteiger partial charge in [0.25, 0.3) is 0 Å². The molecule has 1 heterocycles. The molecule has 0 unspecified atom stereocenters. The highest BCUT2D eigenvalue weighted by atomic mass is 16.7. The lowest BCUT2D eigenvalue weighted by Gasteiger charge is -2.20. The molecule has 1 aliphatic rings. The number of methoxy groups -OCH3 is 1. The van der Waals surface area contributed by atoms with Gasteiger partial charge in [0, 0.05) is 13.5 Å². The largest absolute Gasteiger partial charge is 0.394 e. The molecule has 4 heteroatoms. The van der Waals surface area contributed by atoms with Crippen LogP contribution in [0, 0.1) is 0 Å². The maximum absolute atomic E-state index is 9.11. The normalized spacial score (nSPS) is 28.1. The highest BCUT2D eigenvalue weighted by Gasteiger charge is 2.53. The van der Waals surface area contributed by atoms with Crippen molar-refractivity contribution >= 4 is 0 Å². The van der Waals surface area contributed by atoms with Gasteiger partial charge < -0.3 is 19.3 Å². The topological polar surface area (TPSA) is 51.2 Å². The molecule has 0 amide bonds. The number of epoxide rings is 1. The Bertz CT molecular complexity index is 367. The second-order valence-electron chi connectivity index (χ2n) is 4.78. The van der Waals surface area contributed by atoms with Crippen molar-refractivity contribution in [1.29, 1.82) is 0 Å². The van der Waals surface area contributed by atoms with Crippen LogP contribution in [0.4, 0.5) is 0 Å². The molecular weight excluding hydrogens is 232 g/mol. The summed E-state index contributed by atoms with van der Waals surface area (Å²) in [6, 6.07) is 10.00. The van der Waals surface area contributed by atoms with Crippen molar-refractivity contribution in [2.24, 2.45) is 0 Å². The number of ether oxygens (including phenoxy) is 3. The Morgan fingerprint density at radius 3 is 2.67 bits per heavy atom. The summed E-state index contributed by atoms with van der Waals surface area (Å²) in [7, 11) is 1.61. The molecule has 0 aliphatic carbocycles. The van der Waals surface area contributed by atoms with E-state index in [-0.39, 0.29) is 31.2 Å². The van der Waals surface area contributed by atoms with Crippen molar-refractivity contribution in [2.45, 2.75) is 31.2 Å². The van der Waals surface area contributed by atoms with Gasteiger partial charge >= 0.3 is 0 Å². The highest BCUT2D eigenvalue weighted by molar-refractivity contribution is 5.19. The summed E-state index contributed by atoms with van der Waals surface area (Å²) in [5.74, 6) is 0. The fraction of sp³-hybridized carbons (Fsp3) is 0.571. The van der Waals surface area contributed by atoms with Crippen LogP contribution < -0.4 is 0 Å². The maximum atomic E-state index is 9.11. The quantitative estimate of drug-likeness (QED) is 0.594. The monoisotopic (exact) mass is 252 g/mol. The number of benzene rings is 1. The van der Waals surface area contributed by atoms with Crippen LogP contribution >= 0.6 is 0 Å². The SMILES string of the molecule is COCO[C@H](C[C@]1(C)O[C@H]1CO)c1ccccc1. The summed E-state index contributed by atoms with van der Waals surface area (Å²) in [6.45, 7) is 2.31. The van der Waals surface area contributed by atoms with E-state index < -0.39 is 0 Å². The van der Waals surface area contributed by atoms with E-state index in [2.05, 4.69) is 0 Å². The Balaban J connectivity index is 2.02. The van der Waals surface area contributed by atoms with E-state index in [4.69, 9.17) is 19.3 Å². The minimum absolute atomic E-state index is 0.0578. The van der Waals surface area contributed by atoms with E-state index in [0.717, 1.165) is 5.56 Å². The van der Waals surface area contributed by atoms with Gasteiger partial charge in [0.2, 0.25) is 0 Å². The predicted molar refractivity (Wildman–Crippen MR) is 67.1 cm³/mol. The third kappa shape index (κ3) is 3.09. The van der Waals surface area contributed by atoms with Crippen LogP contribution in [0.3, 0.4) is 0 Å². The minimum atomic E-state index is -0.289. The van der Waals surface area contributed by atoms with Gasteiger partial charge in [0.15, 0.2) is 0 Å². The molecule has 0 spiro atoms. The third-order valence-corrected chi connectivity index (χ3v) is 3.35. The zero-order chi connectivity index (χ0) is 13.0. The Morgan fingerprint density at radius 1 is 1.39 bits per heavy atom. The smallest absolute Gasteiger partial charge is 0.147 e. The van der Waals surface area contributed by atoms with Crippen LogP contribution in [0.15, 0.2) is 30.3 Å². The van der Waals surface area contributed by atoms with Crippen molar-refractivity contribution < 1.29 is 19.3 Å². The minimum Gasteiger partial charge on any atom is -0.394 e. The Labute approximate surface area is 107 Å². The molecular formula is C14H20O4. The first-order valence-electron chi connectivity index (χ1n) is 6.14. The Kier molecular flexibility index (Phi) is 4.35. The van der Waals surface area contributed by atoms with Gasteiger partial charge in [-0.25, -0.2) is 0 Å². The van der Waals surface area contributed by atoms with Gasteiger partial charge in [-0.15, -0.1) is 0 Å². The number of rotatable bonds is 7. The van der Waals surface area contributed by atoms with Gasteiger partial charge in [-0.1, -0.05) is 30.3 Å². The lowest BCUT2D eigenvalue weighted by molar-refractivity contribution is -0.0812. The molecule has 1 aromatic rings. The predicted octanol–water partition coefficient (Wildman–Crippen LogP) is 1.89. The fourth-order valence-electron chi connectivity index (χ4n) is 2.16. The second-order valence-corrected chi connectivity index (χ2v) is 4.78. The van der Waals surface area contributed by atoms with E-state index in [1.807, 2.05) is 37.3 Å². The summed E-state index contributed by atoms with van der Waals surface area (Å²) in [6.07, 6.45) is 0.563. The van der Waals surface area contributed by atoms with Crippen LogP contribution in [0.2, 0.25) is 0 Å². The van der Waals surface area contributed by atoms with E-state index in [0.29, 0.717) is 6.42 Å². The van der Waals surface area contributed by atoms with Crippen LogP contribution in [0.1, 0.15) is 25.0 Å². The van der Waals surface area contributed by atoms with Crippen molar-refractivity contribution in [2.75, 3.05) is 20.5 Å². The van der Waals surface area contributed by atoms with Crippen LogP contribution in [-0.2, 0) is 14.2 Å². The zero-order valence-electron chi connectivity index (χ0n) is 10.8. The van der Waals surface area contributed by atoms with Crippen LogP contribution in [0.5, 0.6) is 0 Å². The molecule has 4 nitrogen and oxygen atoms in total. The molecule has 1 N–H and O–H groups in total. The Morgan fingerprint density at radius 2 is 2.11 bits per heavy atom. The van der Waals surface area contributed by atoms with Crippen molar-refractivity contribution in [3.05, 3.63) is 35.9 Å². The summed E-state index contributed by atoms with van der Waals surface area (Å²) in [4.78, 5) is 0. The van der Waals surface area contributed by atoms with Crippen LogP contribution in [0.25, 0.3) is 0 Å². The number of aliphatic hydroxyl groups is 1. The standard InChI is InChI=1S/C14H20O4/c1-14(13(9-15)18-14)8-12(17-10-16-2)11-6-4-3-5-7-11/h3-7,12-13,15H,8-10H2,1-2H3/t12-,13+,14+/m1/s1. The number of hydrogen-bond donors (Lipinski definition) is 1. The number of hydrogen-bond acceptors (Lipinski definition) is 4. The molecule has 2 rings (SSSR count). The zero-order valence-corrected chi connectivity index (χ0v) is 10.8. The van der Waals surface area contributed by atoms with E-state index in [9.17, 15) is 0 Å². The Hall–Kier alpha value is -0.940. The molecule has 0 saturated carbocycles. The van der Waals surface area contributed by atoms with Gasteiger partial charge in [0.05, 0.1) is 18.3 Å². The molecule has 18 heavy (non-hydrogen) atoms. The molecule has 0 bridgehead atoms. The van der Waals surface area contributed by atoms with Gasteiger partial charge in [-0.2, -0.15) is 0 Å². The van der Waals surface area contributed by atoms with E-state index in [1.165, 1.54) is 0 Å². The molecule has 1 aliphatic heterocycles. The summed E-state index contributed by atoms with van der Waals surface area (Å²) in [5.41, 5.74) is 0.811. The highest BCUT2D eigenvalue weighted by Crippen LogP contribution is 2.43. The van der Waals surface area contributed by atoms with E-state index >= 15 is 0 Å². The molecule has 1 fully saturated rings. The maximum Gasteiger partial charge on any atom is 0.147 e. The molecule has 3 atom stereocenters. The first-order valence-corrected chi connectivity index (χ1v) is 6.14. The van der Waals surface area contributed by atoms with Crippen molar-refractivity contribution in [3.63, 3.8) is 0 Å². The first kappa shape index (κ1) is 13.5. The summed E-state index contributed by atoms with van der Waals surface area (Å²) < 4.78 is 16.2. The van der Waals surface area contributed by atoms with Gasteiger partial charge in [0.1, 0.15) is 12.9 Å². The molecule has 1 saturated heterocycles. The molecule has 0 radical (unpaired) electrons. The first-order chi connectivity index (χ1) is 8.69. The van der Waals surface area contributed by atoms with Crippen LogP contribution in [-0.4, -0.2) is 37.3 Å². The van der Waals surface area contributed by atoms with Gasteiger partial charge in [-0.3, -0.25) is 0 Å². The lowest BCUT2D eigenvalue weighted by Crippen LogP contribution is -2.19. The van der Waals surface area contributed by atoms with E-state index in [1.54, 1.807) is 7.11 Å². The third-order valence-electron chi connectivity index (χ3n) is 3.35. The fourth-order valence-corrected chi connectivity index (χ4v) is 2.16. The summed E-state index contributed by atoms with van der Waals surface area (Å²) >= 11 is 0. The van der Waals surface area contributed by atoms with Crippen molar-refractivity contribution in [3.8, 4) is 0 Å². The van der Waals surface area contributed by atoms with Crippen molar-refractivity contribution in [1.82, 2.24) is 0 Å². The molecule has 0 aromatic heterocycles. The average molecular weight is 252 g/mol.